The topological polar surface area (TPSA) is 18.5 Å². The van der Waals surface area contributed by atoms with Gasteiger partial charge in [0.15, 0.2) is 0 Å². The van der Waals surface area contributed by atoms with E-state index in [-0.39, 0.29) is 24.8 Å². The Kier molecular flexibility index (Phi) is 35.2. The van der Waals surface area contributed by atoms with E-state index in [1.54, 1.807) is 0 Å². The first kappa shape index (κ1) is 15.7. The van der Waals surface area contributed by atoms with E-state index >= 15 is 0 Å². The molecule has 0 bridgehead atoms. The van der Waals surface area contributed by atoms with E-state index in [0.717, 1.165) is 0 Å². The molecule has 7 heavy (non-hydrogen) atoms. The summed E-state index contributed by atoms with van der Waals surface area (Å²) >= 11 is 1.86. The SMILES string of the molecule is CCO[O][V].Cl.Cl. The predicted octanol–water partition coefficient (Wildman–Crippen LogP) is 1.26. The van der Waals surface area contributed by atoms with Gasteiger partial charge in [0.1, 0.15) is 0 Å². The Morgan fingerprint density at radius 2 is 1.86 bits per heavy atom. The molecule has 0 aromatic rings. The summed E-state index contributed by atoms with van der Waals surface area (Å²) in [4.78, 5) is 4.31. The second-order valence-electron chi connectivity index (χ2n) is 0.481. The van der Waals surface area contributed by atoms with E-state index in [1.807, 2.05) is 24.7 Å². The maximum Gasteiger partial charge on any atom is -0.147 e. The van der Waals surface area contributed by atoms with Gasteiger partial charge in [0.05, 0.1) is 0 Å². The molecule has 0 aliphatic carbocycles. The predicted molar refractivity (Wildman–Crippen MR) is 27.2 cm³/mol. The Balaban J connectivity index is -0.0000000800. The van der Waals surface area contributed by atoms with Gasteiger partial charge in [0.2, 0.25) is 0 Å². The third-order valence-electron chi connectivity index (χ3n) is 0.171. The molecule has 0 aromatic heterocycles. The van der Waals surface area contributed by atoms with Crippen molar-refractivity contribution < 1.29 is 26.5 Å². The molecule has 0 N–H and O–H groups in total. The number of hydrogen-bond donors (Lipinski definition) is 0. The number of halogens is 2. The van der Waals surface area contributed by atoms with Crippen LogP contribution in [0.25, 0.3) is 0 Å². The van der Waals surface area contributed by atoms with E-state index < -0.39 is 0 Å². The molecule has 2 nitrogen and oxygen atoms in total. The number of hydrogen-bond acceptors (Lipinski definition) is 2. The van der Waals surface area contributed by atoms with E-state index in [1.165, 1.54) is 0 Å². The van der Waals surface area contributed by atoms with Gasteiger partial charge in [0.25, 0.3) is 0 Å². The molecule has 0 aromatic carbocycles. The van der Waals surface area contributed by atoms with Crippen LogP contribution in [0.15, 0.2) is 0 Å². The first-order chi connectivity index (χ1) is 2.41. The van der Waals surface area contributed by atoms with Crippen LogP contribution in [-0.2, 0) is 26.5 Å². The molecule has 0 radical (unpaired) electrons. The standard InChI is InChI=1S/C2H6O2.2ClH.V/c1-2-4-3;;;/h3H,2H2,1H3;2*1H;/q;;;+1/p-1. The Morgan fingerprint density at radius 3 is 1.86 bits per heavy atom. The molecule has 0 spiro atoms. The second-order valence-corrected chi connectivity index (χ2v) is 0.714. The molecular formula is C2H7Cl2O2V. The van der Waals surface area contributed by atoms with E-state index in [9.17, 15) is 0 Å². The van der Waals surface area contributed by atoms with Crippen molar-refractivity contribution in [3.05, 3.63) is 0 Å². The summed E-state index contributed by atoms with van der Waals surface area (Å²) in [5.74, 6) is 0. The van der Waals surface area contributed by atoms with Crippen molar-refractivity contribution in [2.45, 2.75) is 6.92 Å². The zero-order valence-corrected chi connectivity index (χ0v) is 6.82. The smallest absolute Gasteiger partial charge is 0.147 e. The molecule has 0 atom stereocenters. The zero-order chi connectivity index (χ0) is 4.12. The molecule has 0 unspecified atom stereocenters. The van der Waals surface area contributed by atoms with Crippen LogP contribution < -0.4 is 0 Å². The average Bonchev–Trinajstić information content (AvgIpc) is 1.41. The molecule has 0 saturated carbocycles. The monoisotopic (exact) mass is 184 g/mol. The van der Waals surface area contributed by atoms with Crippen LogP contribution in [0, 0.1) is 0 Å². The van der Waals surface area contributed by atoms with Crippen LogP contribution in [0.1, 0.15) is 6.92 Å². The zero-order valence-electron chi connectivity index (χ0n) is 3.79. The summed E-state index contributed by atoms with van der Waals surface area (Å²) in [5.41, 5.74) is 0. The largest absolute Gasteiger partial charge is 0.147 e. The Hall–Kier alpha value is 1.08. The average molecular weight is 185 g/mol. The van der Waals surface area contributed by atoms with Gasteiger partial charge in [-0.05, 0) is 0 Å². The summed E-state index contributed by atoms with van der Waals surface area (Å²) in [6, 6.07) is 0. The molecule has 0 fully saturated rings. The van der Waals surface area contributed by atoms with Crippen molar-refractivity contribution in [1.82, 2.24) is 0 Å². The van der Waals surface area contributed by atoms with Crippen molar-refractivity contribution in [2.75, 3.05) is 6.61 Å². The van der Waals surface area contributed by atoms with Gasteiger partial charge in [-0.25, -0.2) is 0 Å². The molecular weight excluding hydrogens is 178 g/mol. The molecule has 0 saturated heterocycles. The minimum absolute atomic E-state index is 0. The van der Waals surface area contributed by atoms with E-state index in [0.29, 0.717) is 6.61 Å². The van der Waals surface area contributed by atoms with Crippen molar-refractivity contribution in [1.29, 1.82) is 0 Å². The van der Waals surface area contributed by atoms with Crippen LogP contribution in [0.4, 0.5) is 0 Å². The van der Waals surface area contributed by atoms with Gasteiger partial charge < -0.3 is 0 Å². The third kappa shape index (κ3) is 19.3. The fourth-order valence-electron chi connectivity index (χ4n) is 0.0527. The maximum absolute atomic E-state index is 4.31. The van der Waals surface area contributed by atoms with Crippen molar-refractivity contribution in [3.8, 4) is 0 Å². The third-order valence-corrected chi connectivity index (χ3v) is 0.335. The van der Waals surface area contributed by atoms with Crippen LogP contribution in [0.5, 0.6) is 0 Å². The van der Waals surface area contributed by atoms with E-state index in [4.69, 9.17) is 0 Å². The quantitative estimate of drug-likeness (QED) is 0.476. The Bertz CT molecular complexity index is 21.2. The maximum atomic E-state index is 4.31. The normalized spacial score (nSPS) is 5.86. The van der Waals surface area contributed by atoms with Crippen molar-refractivity contribution >= 4 is 24.8 Å². The first-order valence-electron chi connectivity index (χ1n) is 1.35. The summed E-state index contributed by atoms with van der Waals surface area (Å²) in [6.07, 6.45) is 0. The minimum Gasteiger partial charge on any atom is -0.147 e. The fourth-order valence-corrected chi connectivity index (χ4v) is 0.217. The summed E-state index contributed by atoms with van der Waals surface area (Å²) in [6.45, 7) is 2.46. The van der Waals surface area contributed by atoms with Gasteiger partial charge in [-0.2, -0.15) is 0 Å². The number of rotatable bonds is 2. The van der Waals surface area contributed by atoms with Gasteiger partial charge in [-0.15, -0.1) is 24.8 Å². The van der Waals surface area contributed by atoms with Crippen LogP contribution in [0.2, 0.25) is 0 Å². The Labute approximate surface area is 65.0 Å². The molecule has 46 valence electrons. The molecule has 0 amide bonds. The van der Waals surface area contributed by atoms with Crippen molar-refractivity contribution in [2.24, 2.45) is 0 Å². The van der Waals surface area contributed by atoms with Gasteiger partial charge in [-0.1, -0.05) is 0 Å². The van der Waals surface area contributed by atoms with Crippen molar-refractivity contribution in [3.63, 3.8) is 0 Å². The molecule has 5 heteroatoms. The van der Waals surface area contributed by atoms with Gasteiger partial charge in [0, 0.05) is 0 Å². The minimum atomic E-state index is 0. The first-order valence-corrected chi connectivity index (χ1v) is 1.92. The van der Waals surface area contributed by atoms with Crippen LogP contribution in [-0.4, -0.2) is 6.61 Å². The summed E-state index contributed by atoms with van der Waals surface area (Å²) in [5, 5.41) is 0. The summed E-state index contributed by atoms with van der Waals surface area (Å²) < 4.78 is 4.13. The van der Waals surface area contributed by atoms with Gasteiger partial charge in [-0.3, -0.25) is 0 Å². The molecule has 0 aliphatic heterocycles. The second kappa shape index (κ2) is 15.7. The van der Waals surface area contributed by atoms with Crippen LogP contribution >= 0.6 is 24.8 Å². The molecule has 0 aliphatic rings. The molecule has 0 rings (SSSR count). The van der Waals surface area contributed by atoms with E-state index in [2.05, 4.69) is 8.70 Å². The van der Waals surface area contributed by atoms with Gasteiger partial charge >= 0.3 is 40.0 Å². The molecule has 0 heterocycles. The summed E-state index contributed by atoms with van der Waals surface area (Å²) in [7, 11) is 0. The fraction of sp³-hybridized carbons (Fsp3) is 1.00. The Morgan fingerprint density at radius 1 is 1.43 bits per heavy atom. The van der Waals surface area contributed by atoms with Crippen LogP contribution in [0.3, 0.4) is 0 Å².